The van der Waals surface area contributed by atoms with E-state index in [0.29, 0.717) is 16.9 Å². The maximum Gasteiger partial charge on any atom is 0.220 e. The molecule has 6 heteroatoms. The van der Waals surface area contributed by atoms with Crippen molar-refractivity contribution in [2.75, 3.05) is 20.8 Å². The molecule has 0 aliphatic carbocycles. The van der Waals surface area contributed by atoms with Gasteiger partial charge in [-0.15, -0.1) is 0 Å². The number of fused-ring (bicyclic) bond motifs is 1. The predicted molar refractivity (Wildman–Crippen MR) is 109 cm³/mol. The first-order valence-electron chi connectivity index (χ1n) is 8.71. The molecular formula is C21H24N2O3S. The molecule has 0 saturated carbocycles. The molecule has 1 atom stereocenters. The molecule has 1 unspecified atom stereocenters. The van der Waals surface area contributed by atoms with Crippen molar-refractivity contribution in [3.8, 4) is 11.8 Å². The maximum absolute atomic E-state index is 10.1. The van der Waals surface area contributed by atoms with Crippen LogP contribution >= 0.6 is 11.8 Å². The lowest BCUT2D eigenvalue weighted by Crippen LogP contribution is -2.34. The van der Waals surface area contributed by atoms with E-state index in [4.69, 9.17) is 9.47 Å². The normalized spacial score (nSPS) is 12.8. The summed E-state index contributed by atoms with van der Waals surface area (Å²) in [7, 11) is 3.11. The van der Waals surface area contributed by atoms with Gasteiger partial charge in [-0.1, -0.05) is 68.1 Å². The lowest BCUT2D eigenvalue weighted by molar-refractivity contribution is 0.260. The Bertz CT molecular complexity index is 908. The monoisotopic (exact) mass is 384 g/mol. The van der Waals surface area contributed by atoms with Crippen LogP contribution in [0.2, 0.25) is 0 Å². The molecule has 0 radical (unpaired) electrons. The fourth-order valence-corrected chi connectivity index (χ4v) is 4.01. The van der Waals surface area contributed by atoms with E-state index in [0.717, 1.165) is 5.56 Å². The second-order valence-corrected chi connectivity index (χ2v) is 7.98. The Morgan fingerprint density at radius 3 is 2.19 bits per heavy atom. The molecule has 0 aliphatic rings. The number of hydrogen-bond donors (Lipinski definition) is 1. The van der Waals surface area contributed by atoms with Crippen LogP contribution in [0.15, 0.2) is 53.7 Å². The zero-order chi connectivity index (χ0) is 19.4. The van der Waals surface area contributed by atoms with Gasteiger partial charge in [0.1, 0.15) is 0 Å². The summed E-state index contributed by atoms with van der Waals surface area (Å²) in [5.74, 6) is 0.870. The highest BCUT2D eigenvalue weighted by Gasteiger charge is 2.33. The Balaban J connectivity index is 1.93. The third-order valence-electron chi connectivity index (χ3n) is 4.79. The van der Waals surface area contributed by atoms with Crippen molar-refractivity contribution in [1.29, 1.82) is 0 Å². The van der Waals surface area contributed by atoms with Crippen molar-refractivity contribution in [1.82, 2.24) is 9.97 Å². The van der Waals surface area contributed by atoms with Crippen molar-refractivity contribution in [3.63, 3.8) is 0 Å². The molecule has 0 aliphatic heterocycles. The first-order valence-corrected chi connectivity index (χ1v) is 9.59. The summed E-state index contributed by atoms with van der Waals surface area (Å²) in [6, 6.07) is 16.3. The number of methoxy groups -OCH3 is 2. The fraction of sp³-hybridized carbons (Fsp3) is 0.333. The molecule has 0 amide bonds. The van der Waals surface area contributed by atoms with Crippen LogP contribution in [0.1, 0.15) is 19.4 Å². The molecule has 27 heavy (non-hydrogen) atoms. The summed E-state index contributed by atoms with van der Waals surface area (Å²) in [5.41, 5.74) is 0.853. The van der Waals surface area contributed by atoms with Crippen LogP contribution in [-0.2, 0) is 5.41 Å². The predicted octanol–water partition coefficient (Wildman–Crippen LogP) is 4.08. The van der Waals surface area contributed by atoms with E-state index in [1.807, 2.05) is 12.1 Å². The van der Waals surface area contributed by atoms with Crippen molar-refractivity contribution < 1.29 is 14.6 Å². The number of benzene rings is 2. The van der Waals surface area contributed by atoms with E-state index in [2.05, 4.69) is 54.1 Å². The molecule has 3 rings (SSSR count). The molecule has 1 N–H and O–H groups in total. The highest BCUT2D eigenvalue weighted by atomic mass is 32.2. The quantitative estimate of drug-likeness (QED) is 0.489. The highest BCUT2D eigenvalue weighted by Crippen LogP contribution is 2.38. The smallest absolute Gasteiger partial charge is 0.220 e. The number of thioether (sulfide) groups is 1. The minimum absolute atomic E-state index is 0.00657. The average molecular weight is 385 g/mol. The van der Waals surface area contributed by atoms with Gasteiger partial charge in [0, 0.05) is 10.7 Å². The first kappa shape index (κ1) is 19.5. The molecule has 0 saturated heterocycles. The molecule has 0 bridgehead atoms. The summed E-state index contributed by atoms with van der Waals surface area (Å²) in [4.78, 5) is 8.77. The Morgan fingerprint density at radius 1 is 0.963 bits per heavy atom. The Morgan fingerprint density at radius 2 is 1.59 bits per heavy atom. The van der Waals surface area contributed by atoms with Gasteiger partial charge in [0.15, 0.2) is 5.16 Å². The van der Waals surface area contributed by atoms with Crippen LogP contribution in [0.25, 0.3) is 10.8 Å². The highest BCUT2D eigenvalue weighted by molar-refractivity contribution is 7.99. The lowest BCUT2D eigenvalue weighted by Gasteiger charge is -2.33. The second-order valence-electron chi connectivity index (χ2n) is 6.81. The molecule has 2 aromatic carbocycles. The van der Waals surface area contributed by atoms with E-state index < -0.39 is 0 Å². The lowest BCUT2D eigenvalue weighted by atomic mass is 9.80. The van der Waals surface area contributed by atoms with Crippen LogP contribution in [-0.4, -0.2) is 41.2 Å². The van der Waals surface area contributed by atoms with Gasteiger partial charge in [0.05, 0.1) is 26.9 Å². The number of ether oxygens (including phenoxy) is 2. The average Bonchev–Trinajstić information content (AvgIpc) is 2.71. The topological polar surface area (TPSA) is 64.5 Å². The Kier molecular flexibility index (Phi) is 5.87. The van der Waals surface area contributed by atoms with Crippen molar-refractivity contribution in [3.05, 3.63) is 54.1 Å². The van der Waals surface area contributed by atoms with E-state index in [1.165, 1.54) is 22.5 Å². The largest absolute Gasteiger partial charge is 0.481 e. The van der Waals surface area contributed by atoms with Crippen molar-refractivity contribution >= 4 is 22.5 Å². The van der Waals surface area contributed by atoms with E-state index in [9.17, 15) is 5.11 Å². The number of rotatable bonds is 7. The van der Waals surface area contributed by atoms with Gasteiger partial charge < -0.3 is 14.6 Å². The van der Waals surface area contributed by atoms with Gasteiger partial charge in [-0.2, -0.15) is 9.97 Å². The number of aromatic nitrogens is 2. The van der Waals surface area contributed by atoms with Crippen LogP contribution in [0.4, 0.5) is 0 Å². The van der Waals surface area contributed by atoms with Gasteiger partial charge in [-0.3, -0.25) is 0 Å². The maximum atomic E-state index is 10.1. The van der Waals surface area contributed by atoms with Gasteiger partial charge >= 0.3 is 0 Å². The summed E-state index contributed by atoms with van der Waals surface area (Å²) in [6.07, 6.45) is 0. The molecule has 3 aromatic rings. The standard InChI is InChI=1S/C21H24N2O3S/c1-21(2,16-10-9-14-7-5-6-8-15(14)11-16)17(13-24)27-20-22-18(25-3)12-19(23-20)26-4/h5-12,17,24H,13H2,1-4H3. The van der Waals surface area contributed by atoms with E-state index in [1.54, 1.807) is 20.3 Å². The van der Waals surface area contributed by atoms with E-state index >= 15 is 0 Å². The van der Waals surface area contributed by atoms with Crippen LogP contribution in [0.5, 0.6) is 11.8 Å². The second kappa shape index (κ2) is 8.15. The number of aliphatic hydroxyl groups is 1. The van der Waals surface area contributed by atoms with Crippen LogP contribution in [0, 0.1) is 0 Å². The molecule has 0 spiro atoms. The van der Waals surface area contributed by atoms with Gasteiger partial charge in [-0.05, 0) is 16.3 Å². The molecule has 5 nitrogen and oxygen atoms in total. The van der Waals surface area contributed by atoms with Gasteiger partial charge in [-0.25, -0.2) is 0 Å². The molecule has 142 valence electrons. The molecular weight excluding hydrogens is 360 g/mol. The SMILES string of the molecule is COc1cc(OC)nc(SC(CO)C(C)(C)c2ccc3ccccc3c2)n1. The first-order chi connectivity index (χ1) is 13.0. The third-order valence-corrected chi connectivity index (χ3v) is 6.21. The van der Waals surface area contributed by atoms with Crippen molar-refractivity contribution in [2.24, 2.45) is 0 Å². The fourth-order valence-electron chi connectivity index (χ4n) is 2.96. The minimum atomic E-state index is -0.302. The molecule has 1 heterocycles. The summed E-state index contributed by atoms with van der Waals surface area (Å²) in [5, 5.41) is 12.9. The number of aliphatic hydroxyl groups excluding tert-OH is 1. The summed E-state index contributed by atoms with van der Waals surface area (Å²) in [6.45, 7) is 4.25. The summed E-state index contributed by atoms with van der Waals surface area (Å²) >= 11 is 1.42. The molecule has 0 fully saturated rings. The number of hydrogen-bond acceptors (Lipinski definition) is 6. The zero-order valence-electron chi connectivity index (χ0n) is 16.0. The van der Waals surface area contributed by atoms with Crippen LogP contribution < -0.4 is 9.47 Å². The zero-order valence-corrected chi connectivity index (χ0v) is 16.8. The van der Waals surface area contributed by atoms with E-state index in [-0.39, 0.29) is 17.3 Å². The third kappa shape index (κ3) is 4.17. The van der Waals surface area contributed by atoms with Gasteiger partial charge in [0.25, 0.3) is 0 Å². The Hall–Kier alpha value is -2.31. The Labute approximate surface area is 163 Å². The summed E-state index contributed by atoms with van der Waals surface area (Å²) < 4.78 is 10.4. The van der Waals surface area contributed by atoms with Gasteiger partial charge in [0.2, 0.25) is 11.8 Å². The van der Waals surface area contributed by atoms with Crippen molar-refractivity contribution in [2.45, 2.75) is 29.7 Å². The number of nitrogens with zero attached hydrogens (tertiary/aromatic N) is 2. The minimum Gasteiger partial charge on any atom is -0.481 e. The molecule has 1 aromatic heterocycles. The van der Waals surface area contributed by atoms with Crippen LogP contribution in [0.3, 0.4) is 0 Å².